The van der Waals surface area contributed by atoms with Gasteiger partial charge in [-0.2, -0.15) is 0 Å². The number of carbonyl (C=O) groups excluding carboxylic acids is 1. The molecule has 6 rings (SSSR count). The van der Waals surface area contributed by atoms with Crippen LogP contribution >= 0.6 is 11.8 Å². The molecule has 2 aliphatic heterocycles. The van der Waals surface area contributed by atoms with E-state index in [4.69, 9.17) is 18.9 Å². The van der Waals surface area contributed by atoms with Crippen LogP contribution in [0.1, 0.15) is 29.5 Å². The molecule has 4 aromatic carbocycles. The summed E-state index contributed by atoms with van der Waals surface area (Å²) in [5.74, 6) is -0.386. The number of hydrogen-bond acceptors (Lipinski definition) is 6. The van der Waals surface area contributed by atoms with Crippen LogP contribution in [0.3, 0.4) is 0 Å². The van der Waals surface area contributed by atoms with Crippen LogP contribution in [-0.2, 0) is 29.3 Å². The zero-order valence-electron chi connectivity index (χ0n) is 22.3. The van der Waals surface area contributed by atoms with Crippen LogP contribution in [0.15, 0.2) is 126 Å². The first-order chi connectivity index (χ1) is 19.6. The molecular formula is C34H32O5S. The summed E-state index contributed by atoms with van der Waals surface area (Å²) in [6.07, 6.45) is 0.435. The largest absolute Gasteiger partial charge is 0.466 e. The van der Waals surface area contributed by atoms with Crippen molar-refractivity contribution < 1.29 is 23.7 Å². The number of methoxy groups -OCH3 is 1. The zero-order chi connectivity index (χ0) is 27.4. The third-order valence-corrected chi connectivity index (χ3v) is 8.90. The third kappa shape index (κ3) is 5.08. The van der Waals surface area contributed by atoms with Crippen molar-refractivity contribution in [1.82, 2.24) is 0 Å². The van der Waals surface area contributed by atoms with Gasteiger partial charge in [0.15, 0.2) is 0 Å². The van der Waals surface area contributed by atoms with E-state index < -0.39 is 10.5 Å². The smallest absolute Gasteiger partial charge is 0.349 e. The molecule has 0 spiro atoms. The lowest BCUT2D eigenvalue weighted by atomic mass is 9.80. The molecule has 204 valence electrons. The van der Waals surface area contributed by atoms with Gasteiger partial charge in [-0.05, 0) is 28.8 Å². The maximum atomic E-state index is 12.9. The third-order valence-electron chi connectivity index (χ3n) is 7.64. The van der Waals surface area contributed by atoms with Gasteiger partial charge in [-0.25, -0.2) is 4.79 Å². The molecule has 4 aromatic rings. The van der Waals surface area contributed by atoms with E-state index in [-0.39, 0.29) is 24.3 Å². The Morgan fingerprint density at radius 1 is 0.800 bits per heavy atom. The van der Waals surface area contributed by atoms with Crippen LogP contribution in [0.2, 0.25) is 0 Å². The lowest BCUT2D eigenvalue weighted by Crippen LogP contribution is -2.38. The average Bonchev–Trinajstić information content (AvgIpc) is 3.55. The molecule has 40 heavy (non-hydrogen) atoms. The minimum absolute atomic E-state index is 0.178. The van der Waals surface area contributed by atoms with Gasteiger partial charge < -0.3 is 18.9 Å². The van der Waals surface area contributed by atoms with Gasteiger partial charge >= 0.3 is 5.97 Å². The highest BCUT2D eigenvalue weighted by atomic mass is 32.2. The van der Waals surface area contributed by atoms with Crippen molar-refractivity contribution in [1.29, 1.82) is 0 Å². The standard InChI is InChI=1S/C34H32O5S/c1-36-32(35)33(40-29-20-12-5-13-21-29)23-31-30(39-33)22-28(38-31)24-37-34(25-14-6-2-7-15-25,26-16-8-3-9-17-26)27-18-10-4-11-19-27/h2-21,28,30-31H,22-24H2,1H3/t28-,30+,31+,33?/m0/s1. The van der Waals surface area contributed by atoms with Crippen molar-refractivity contribution in [3.63, 3.8) is 0 Å². The van der Waals surface area contributed by atoms with Crippen LogP contribution in [0.5, 0.6) is 0 Å². The van der Waals surface area contributed by atoms with Crippen molar-refractivity contribution in [2.75, 3.05) is 13.7 Å². The Morgan fingerprint density at radius 2 is 1.30 bits per heavy atom. The van der Waals surface area contributed by atoms with Crippen molar-refractivity contribution in [2.45, 2.75) is 46.6 Å². The zero-order valence-corrected chi connectivity index (χ0v) is 23.2. The first kappa shape index (κ1) is 26.8. The molecule has 0 saturated carbocycles. The molecule has 2 aliphatic rings. The Morgan fingerprint density at radius 3 is 1.77 bits per heavy atom. The van der Waals surface area contributed by atoms with E-state index >= 15 is 0 Å². The topological polar surface area (TPSA) is 54.0 Å². The second-order valence-corrected chi connectivity index (χ2v) is 11.5. The van der Waals surface area contributed by atoms with Gasteiger partial charge in [0, 0.05) is 17.7 Å². The Balaban J connectivity index is 1.24. The summed E-state index contributed by atoms with van der Waals surface area (Å²) >= 11 is 1.39. The molecule has 4 atom stereocenters. The summed E-state index contributed by atoms with van der Waals surface area (Å²) in [6, 6.07) is 40.8. The Hall–Kier alpha value is -3.42. The average molecular weight is 553 g/mol. The maximum absolute atomic E-state index is 12.9. The highest BCUT2D eigenvalue weighted by Gasteiger charge is 2.57. The van der Waals surface area contributed by atoms with Crippen molar-refractivity contribution in [3.05, 3.63) is 138 Å². The summed E-state index contributed by atoms with van der Waals surface area (Å²) in [4.78, 5) is 12.8. The molecule has 0 radical (unpaired) electrons. The number of benzene rings is 4. The fourth-order valence-electron chi connectivity index (χ4n) is 5.83. The number of esters is 1. The molecule has 6 heteroatoms. The minimum Gasteiger partial charge on any atom is -0.466 e. The Kier molecular flexibility index (Phi) is 7.76. The predicted octanol–water partition coefficient (Wildman–Crippen LogP) is 6.60. The van der Waals surface area contributed by atoms with Crippen molar-refractivity contribution in [3.8, 4) is 0 Å². The summed E-state index contributed by atoms with van der Waals surface area (Å²) in [6.45, 7) is 0.367. The van der Waals surface area contributed by atoms with Crippen LogP contribution in [-0.4, -0.2) is 42.9 Å². The van der Waals surface area contributed by atoms with Crippen molar-refractivity contribution >= 4 is 17.7 Å². The number of rotatable bonds is 9. The van der Waals surface area contributed by atoms with Crippen molar-refractivity contribution in [2.24, 2.45) is 0 Å². The Labute approximate surface area is 239 Å². The summed E-state index contributed by atoms with van der Waals surface area (Å²) < 4.78 is 25.1. The van der Waals surface area contributed by atoms with E-state index in [1.54, 1.807) is 0 Å². The number of thioether (sulfide) groups is 1. The molecule has 2 saturated heterocycles. The van der Waals surface area contributed by atoms with Gasteiger partial charge in [0.05, 0.1) is 32.0 Å². The molecule has 0 bridgehead atoms. The van der Waals surface area contributed by atoms with Crippen LogP contribution < -0.4 is 0 Å². The van der Waals surface area contributed by atoms with Gasteiger partial charge in [0.1, 0.15) is 5.60 Å². The fraction of sp³-hybridized carbons (Fsp3) is 0.265. The lowest BCUT2D eigenvalue weighted by molar-refractivity contribution is -0.157. The van der Waals surface area contributed by atoms with E-state index in [1.165, 1.54) is 18.9 Å². The molecule has 2 heterocycles. The minimum atomic E-state index is -1.13. The fourth-order valence-corrected chi connectivity index (χ4v) is 7.09. The normalized spacial score (nSPS) is 24.0. The van der Waals surface area contributed by atoms with E-state index in [2.05, 4.69) is 36.4 Å². The maximum Gasteiger partial charge on any atom is 0.349 e. The van der Waals surface area contributed by atoms with E-state index in [9.17, 15) is 4.79 Å². The summed E-state index contributed by atoms with van der Waals surface area (Å²) in [5, 5.41) is 0. The van der Waals surface area contributed by atoms with E-state index in [1.807, 2.05) is 84.9 Å². The lowest BCUT2D eigenvalue weighted by Gasteiger charge is -2.37. The predicted molar refractivity (Wildman–Crippen MR) is 155 cm³/mol. The first-order valence-electron chi connectivity index (χ1n) is 13.6. The summed E-state index contributed by atoms with van der Waals surface area (Å²) in [5.41, 5.74) is 2.33. The number of hydrogen-bond donors (Lipinski definition) is 0. The van der Waals surface area contributed by atoms with Crippen LogP contribution in [0.4, 0.5) is 0 Å². The quantitative estimate of drug-likeness (QED) is 0.172. The van der Waals surface area contributed by atoms with Crippen LogP contribution in [0, 0.1) is 0 Å². The Bertz CT molecular complexity index is 1290. The first-order valence-corrected chi connectivity index (χ1v) is 14.4. The monoisotopic (exact) mass is 552 g/mol. The van der Waals surface area contributed by atoms with Gasteiger partial charge in [-0.1, -0.05) is 121 Å². The molecule has 0 aromatic heterocycles. The molecule has 2 fully saturated rings. The van der Waals surface area contributed by atoms with Gasteiger partial charge in [-0.15, -0.1) is 0 Å². The molecule has 5 nitrogen and oxygen atoms in total. The second-order valence-electron chi connectivity index (χ2n) is 10.1. The summed E-state index contributed by atoms with van der Waals surface area (Å²) in [7, 11) is 1.40. The van der Waals surface area contributed by atoms with Gasteiger partial charge in [0.2, 0.25) is 4.93 Å². The van der Waals surface area contributed by atoms with Gasteiger partial charge in [-0.3, -0.25) is 0 Å². The number of ether oxygens (including phenoxy) is 4. The van der Waals surface area contributed by atoms with Crippen LogP contribution in [0.25, 0.3) is 0 Å². The molecule has 1 unspecified atom stereocenters. The highest BCUT2D eigenvalue weighted by molar-refractivity contribution is 8.01. The molecular weight excluding hydrogens is 520 g/mol. The van der Waals surface area contributed by atoms with E-state index in [0.717, 1.165) is 21.6 Å². The number of fused-ring (bicyclic) bond motifs is 1. The molecule has 0 amide bonds. The molecule has 0 N–H and O–H groups in total. The second kappa shape index (κ2) is 11.6. The number of carbonyl (C=O) groups is 1. The SMILES string of the molecule is COC(=O)C1(Sc2ccccc2)C[C@H]2O[C@H](COC(c3ccccc3)(c3ccccc3)c3ccccc3)C[C@H]2O1. The van der Waals surface area contributed by atoms with E-state index in [0.29, 0.717) is 19.4 Å². The molecule has 0 aliphatic carbocycles. The van der Waals surface area contributed by atoms with Gasteiger partial charge in [0.25, 0.3) is 0 Å². The highest BCUT2D eigenvalue weighted by Crippen LogP contribution is 2.49.